The third kappa shape index (κ3) is 3.19. The van der Waals surface area contributed by atoms with Crippen LogP contribution in [0.3, 0.4) is 0 Å². The SMILES string of the molecule is CCC(C)c1ccc(Oc2ccc(C)cc2C#N)cc1. The average molecular weight is 265 g/mol. The van der Waals surface area contributed by atoms with Gasteiger partial charge in [-0.15, -0.1) is 0 Å². The van der Waals surface area contributed by atoms with Crippen LogP contribution in [-0.4, -0.2) is 0 Å². The molecule has 0 aliphatic heterocycles. The summed E-state index contributed by atoms with van der Waals surface area (Å²) in [5, 5.41) is 9.14. The summed E-state index contributed by atoms with van der Waals surface area (Å²) in [6.45, 7) is 6.36. The van der Waals surface area contributed by atoms with Crippen LogP contribution >= 0.6 is 0 Å². The van der Waals surface area contributed by atoms with Crippen LogP contribution in [0.25, 0.3) is 0 Å². The van der Waals surface area contributed by atoms with Gasteiger partial charge < -0.3 is 4.74 Å². The van der Waals surface area contributed by atoms with Gasteiger partial charge in [0.1, 0.15) is 17.6 Å². The Morgan fingerprint density at radius 3 is 2.45 bits per heavy atom. The molecule has 0 aliphatic carbocycles. The molecule has 0 fully saturated rings. The molecule has 1 unspecified atom stereocenters. The van der Waals surface area contributed by atoms with Crippen LogP contribution < -0.4 is 4.74 Å². The molecule has 2 nitrogen and oxygen atoms in total. The summed E-state index contributed by atoms with van der Waals surface area (Å²) in [5.41, 5.74) is 2.93. The average Bonchev–Trinajstić information content (AvgIpc) is 2.49. The number of rotatable bonds is 4. The topological polar surface area (TPSA) is 33.0 Å². The number of aryl methyl sites for hydroxylation is 1. The lowest BCUT2D eigenvalue weighted by Crippen LogP contribution is -1.92. The van der Waals surface area contributed by atoms with Gasteiger partial charge in [-0.25, -0.2) is 0 Å². The van der Waals surface area contributed by atoms with E-state index in [1.807, 2.05) is 37.3 Å². The first-order valence-corrected chi connectivity index (χ1v) is 6.92. The molecule has 2 heteroatoms. The summed E-state index contributed by atoms with van der Waals surface area (Å²) >= 11 is 0. The van der Waals surface area contributed by atoms with Crippen molar-refractivity contribution in [3.8, 4) is 17.6 Å². The van der Waals surface area contributed by atoms with Crippen molar-refractivity contribution in [1.82, 2.24) is 0 Å². The molecule has 0 spiro atoms. The highest BCUT2D eigenvalue weighted by Gasteiger charge is 2.06. The van der Waals surface area contributed by atoms with E-state index in [0.717, 1.165) is 17.7 Å². The maximum absolute atomic E-state index is 9.14. The Hall–Kier alpha value is -2.27. The molecule has 1 atom stereocenters. The van der Waals surface area contributed by atoms with Gasteiger partial charge in [0.05, 0.1) is 5.56 Å². The maximum atomic E-state index is 9.14. The number of nitriles is 1. The summed E-state index contributed by atoms with van der Waals surface area (Å²) in [4.78, 5) is 0. The maximum Gasteiger partial charge on any atom is 0.145 e. The van der Waals surface area contributed by atoms with Gasteiger partial charge >= 0.3 is 0 Å². The van der Waals surface area contributed by atoms with E-state index in [0.29, 0.717) is 17.2 Å². The van der Waals surface area contributed by atoms with Crippen LogP contribution in [0.15, 0.2) is 42.5 Å². The van der Waals surface area contributed by atoms with Crippen molar-refractivity contribution in [2.24, 2.45) is 0 Å². The summed E-state index contributed by atoms with van der Waals surface area (Å²) in [6.07, 6.45) is 1.12. The molecule has 102 valence electrons. The lowest BCUT2D eigenvalue weighted by Gasteiger charge is -2.11. The number of benzene rings is 2. The summed E-state index contributed by atoms with van der Waals surface area (Å²) in [7, 11) is 0. The zero-order valence-corrected chi connectivity index (χ0v) is 12.2. The molecule has 0 aromatic heterocycles. The Kier molecular flexibility index (Phi) is 4.42. The molecule has 0 saturated heterocycles. The molecule has 2 aromatic carbocycles. The first kappa shape index (κ1) is 14.1. The van der Waals surface area contributed by atoms with Gasteiger partial charge in [0.2, 0.25) is 0 Å². The van der Waals surface area contributed by atoms with Crippen LogP contribution in [-0.2, 0) is 0 Å². The molecule has 0 amide bonds. The highest BCUT2D eigenvalue weighted by molar-refractivity contribution is 5.47. The summed E-state index contributed by atoms with van der Waals surface area (Å²) < 4.78 is 5.80. The van der Waals surface area contributed by atoms with Gasteiger partial charge in [0.15, 0.2) is 0 Å². The second-order valence-corrected chi connectivity index (χ2v) is 5.09. The van der Waals surface area contributed by atoms with Gasteiger partial charge in [-0.3, -0.25) is 0 Å². The highest BCUT2D eigenvalue weighted by atomic mass is 16.5. The van der Waals surface area contributed by atoms with Crippen molar-refractivity contribution in [2.75, 3.05) is 0 Å². The monoisotopic (exact) mass is 265 g/mol. The third-order valence-corrected chi connectivity index (χ3v) is 3.54. The summed E-state index contributed by atoms with van der Waals surface area (Å²) in [6, 6.07) is 15.9. The second kappa shape index (κ2) is 6.25. The van der Waals surface area contributed by atoms with Crippen LogP contribution in [0.2, 0.25) is 0 Å². The van der Waals surface area contributed by atoms with E-state index in [9.17, 15) is 0 Å². The van der Waals surface area contributed by atoms with Gasteiger partial charge in [-0.2, -0.15) is 5.26 Å². The Bertz CT molecular complexity index is 623. The minimum Gasteiger partial charge on any atom is -0.456 e. The normalized spacial score (nSPS) is 11.7. The Morgan fingerprint density at radius 2 is 1.85 bits per heavy atom. The van der Waals surface area contributed by atoms with Crippen LogP contribution in [0, 0.1) is 18.3 Å². The number of hydrogen-bond donors (Lipinski definition) is 0. The van der Waals surface area contributed by atoms with E-state index >= 15 is 0 Å². The Labute approximate surface area is 120 Å². The van der Waals surface area contributed by atoms with E-state index < -0.39 is 0 Å². The summed E-state index contributed by atoms with van der Waals surface area (Å²) in [5.74, 6) is 1.92. The van der Waals surface area contributed by atoms with Crippen molar-refractivity contribution in [3.63, 3.8) is 0 Å². The predicted molar refractivity (Wildman–Crippen MR) is 81.1 cm³/mol. The number of hydrogen-bond acceptors (Lipinski definition) is 2. The van der Waals surface area contributed by atoms with Gasteiger partial charge in [0.25, 0.3) is 0 Å². The van der Waals surface area contributed by atoms with Crippen molar-refractivity contribution >= 4 is 0 Å². The molecule has 20 heavy (non-hydrogen) atoms. The minimum atomic E-state index is 0.554. The fourth-order valence-corrected chi connectivity index (χ4v) is 2.05. The van der Waals surface area contributed by atoms with Crippen molar-refractivity contribution in [2.45, 2.75) is 33.1 Å². The molecule has 0 saturated carbocycles. The minimum absolute atomic E-state index is 0.554. The van der Waals surface area contributed by atoms with Crippen molar-refractivity contribution in [3.05, 3.63) is 59.2 Å². The van der Waals surface area contributed by atoms with E-state index in [-0.39, 0.29) is 0 Å². The highest BCUT2D eigenvalue weighted by Crippen LogP contribution is 2.27. The molecule has 0 N–H and O–H groups in total. The molecule has 2 aromatic rings. The Morgan fingerprint density at radius 1 is 1.15 bits per heavy atom. The van der Waals surface area contributed by atoms with Crippen molar-refractivity contribution in [1.29, 1.82) is 5.26 Å². The van der Waals surface area contributed by atoms with Crippen molar-refractivity contribution < 1.29 is 4.74 Å². The molecular formula is C18H19NO. The van der Waals surface area contributed by atoms with Gasteiger partial charge in [-0.05, 0) is 54.7 Å². The Balaban J connectivity index is 2.21. The van der Waals surface area contributed by atoms with E-state index in [1.165, 1.54) is 5.56 Å². The smallest absolute Gasteiger partial charge is 0.145 e. The standard InChI is InChI=1S/C18H19NO/c1-4-14(3)15-6-8-17(9-7-15)20-18-10-5-13(2)11-16(18)12-19/h5-11,14H,4H2,1-3H3. The fourth-order valence-electron chi connectivity index (χ4n) is 2.05. The molecule has 2 rings (SSSR count). The first-order valence-electron chi connectivity index (χ1n) is 6.92. The van der Waals surface area contributed by atoms with E-state index in [2.05, 4.69) is 32.0 Å². The molecular weight excluding hydrogens is 246 g/mol. The number of ether oxygens (including phenoxy) is 1. The zero-order chi connectivity index (χ0) is 14.5. The largest absolute Gasteiger partial charge is 0.456 e. The molecule has 0 radical (unpaired) electrons. The lowest BCUT2D eigenvalue weighted by atomic mass is 9.99. The molecule has 0 bridgehead atoms. The quantitative estimate of drug-likeness (QED) is 0.763. The van der Waals surface area contributed by atoms with Crippen LogP contribution in [0.4, 0.5) is 0 Å². The fraction of sp³-hybridized carbons (Fsp3) is 0.278. The van der Waals surface area contributed by atoms with E-state index in [1.54, 1.807) is 0 Å². The lowest BCUT2D eigenvalue weighted by molar-refractivity contribution is 0.480. The number of nitrogens with zero attached hydrogens (tertiary/aromatic N) is 1. The van der Waals surface area contributed by atoms with Crippen LogP contribution in [0.5, 0.6) is 11.5 Å². The predicted octanol–water partition coefficient (Wildman–Crippen LogP) is 5.17. The van der Waals surface area contributed by atoms with Crippen LogP contribution in [0.1, 0.15) is 42.9 Å². The first-order chi connectivity index (χ1) is 9.63. The molecule has 0 heterocycles. The van der Waals surface area contributed by atoms with Gasteiger partial charge in [0, 0.05) is 0 Å². The zero-order valence-electron chi connectivity index (χ0n) is 12.2. The van der Waals surface area contributed by atoms with Gasteiger partial charge in [-0.1, -0.05) is 32.0 Å². The van der Waals surface area contributed by atoms with E-state index in [4.69, 9.17) is 10.00 Å². The molecule has 0 aliphatic rings. The second-order valence-electron chi connectivity index (χ2n) is 5.09. The third-order valence-electron chi connectivity index (χ3n) is 3.54.